The number of carbonyl (C=O) groups excluding carboxylic acids is 2. The van der Waals surface area contributed by atoms with Crippen molar-refractivity contribution in [3.63, 3.8) is 0 Å². The summed E-state index contributed by atoms with van der Waals surface area (Å²) in [6.45, 7) is 15.7. The van der Waals surface area contributed by atoms with Crippen LogP contribution in [0.25, 0.3) is 0 Å². The molecule has 0 amide bonds. The van der Waals surface area contributed by atoms with Crippen molar-refractivity contribution in [1.82, 2.24) is 0 Å². The smallest absolute Gasteiger partial charge is 0.338 e. The van der Waals surface area contributed by atoms with Crippen LogP contribution in [-0.2, 0) is 20.7 Å². The van der Waals surface area contributed by atoms with Crippen LogP contribution < -0.4 is 0 Å². The van der Waals surface area contributed by atoms with Gasteiger partial charge in [0, 0.05) is 18.1 Å². The van der Waals surface area contributed by atoms with Crippen LogP contribution in [0.15, 0.2) is 58.7 Å². The summed E-state index contributed by atoms with van der Waals surface area (Å²) in [7, 11) is 1.64. The number of esters is 1. The zero-order valence-electron chi connectivity index (χ0n) is 23.9. The van der Waals surface area contributed by atoms with Gasteiger partial charge in [0.1, 0.15) is 5.60 Å². The van der Waals surface area contributed by atoms with Gasteiger partial charge in [0.25, 0.3) is 0 Å². The average molecular weight is 495 g/mol. The summed E-state index contributed by atoms with van der Waals surface area (Å²) < 4.78 is 11.6. The highest BCUT2D eigenvalue weighted by Gasteiger charge is 2.43. The highest BCUT2D eigenvalue weighted by molar-refractivity contribution is 6.04. The maximum Gasteiger partial charge on any atom is 0.338 e. The quantitative estimate of drug-likeness (QED) is 0.135. The van der Waals surface area contributed by atoms with Crippen molar-refractivity contribution in [1.29, 1.82) is 0 Å². The average Bonchev–Trinajstić information content (AvgIpc) is 2.81. The molecule has 36 heavy (non-hydrogen) atoms. The Labute approximate surface area is 218 Å². The van der Waals surface area contributed by atoms with Crippen molar-refractivity contribution in [3.8, 4) is 0 Å². The summed E-state index contributed by atoms with van der Waals surface area (Å²) in [6.07, 6.45) is 10.5. The fraction of sp³-hybridized carbons (Fsp3) is 0.562. The number of unbranched alkanes of at least 4 members (excludes halogenated alkanes) is 4. The van der Waals surface area contributed by atoms with E-state index in [1.165, 1.54) is 37.7 Å². The van der Waals surface area contributed by atoms with Gasteiger partial charge in [-0.05, 0) is 84.1 Å². The minimum atomic E-state index is -0.585. The van der Waals surface area contributed by atoms with E-state index in [1.807, 2.05) is 59.8 Å². The van der Waals surface area contributed by atoms with E-state index in [4.69, 9.17) is 9.47 Å². The third-order valence-electron chi connectivity index (χ3n) is 7.30. The lowest BCUT2D eigenvalue weighted by Crippen LogP contribution is -2.40. The van der Waals surface area contributed by atoms with Crippen LogP contribution in [0.4, 0.5) is 0 Å². The van der Waals surface area contributed by atoms with Crippen molar-refractivity contribution in [2.75, 3.05) is 7.11 Å². The third kappa shape index (κ3) is 7.29. The molecule has 198 valence electrons. The predicted octanol–water partition coefficient (Wildman–Crippen LogP) is 7.97. The standard InChI is InChI=1S/C32H46O4/c1-10-11-12-13-14-15-25-16-18-26(19-17-25)27(33)20-21-32(8)24(4)22(2)28(23(3)29(32)35-9)30(34)36-31(5,6)7/h16-21,29H,10-15H2,1-9H3. The van der Waals surface area contributed by atoms with Gasteiger partial charge in [0.2, 0.25) is 0 Å². The van der Waals surface area contributed by atoms with E-state index in [0.717, 1.165) is 23.1 Å². The van der Waals surface area contributed by atoms with Crippen LogP contribution in [0.1, 0.15) is 103 Å². The first-order valence-corrected chi connectivity index (χ1v) is 13.3. The maximum absolute atomic E-state index is 13.0. The predicted molar refractivity (Wildman–Crippen MR) is 148 cm³/mol. The van der Waals surface area contributed by atoms with Crippen LogP contribution >= 0.6 is 0 Å². The number of benzene rings is 1. The Bertz CT molecular complexity index is 1020. The molecule has 2 unspecified atom stereocenters. The minimum Gasteiger partial charge on any atom is -0.456 e. The molecule has 0 fully saturated rings. The topological polar surface area (TPSA) is 52.6 Å². The number of allylic oxidation sites excluding steroid dienone is 1. The van der Waals surface area contributed by atoms with E-state index >= 15 is 0 Å². The Morgan fingerprint density at radius 3 is 2.17 bits per heavy atom. The summed E-state index contributed by atoms with van der Waals surface area (Å²) in [4.78, 5) is 26.0. The van der Waals surface area contributed by atoms with Gasteiger partial charge < -0.3 is 9.47 Å². The minimum absolute atomic E-state index is 0.0365. The van der Waals surface area contributed by atoms with Gasteiger partial charge in [-0.2, -0.15) is 0 Å². The first kappa shape index (κ1) is 29.8. The molecule has 0 heterocycles. The number of hydrogen-bond acceptors (Lipinski definition) is 4. The van der Waals surface area contributed by atoms with E-state index in [1.54, 1.807) is 13.2 Å². The van der Waals surface area contributed by atoms with Crippen molar-refractivity contribution < 1.29 is 19.1 Å². The Morgan fingerprint density at radius 1 is 1.00 bits per heavy atom. The molecule has 0 spiro atoms. The lowest BCUT2D eigenvalue weighted by molar-refractivity contribution is -0.149. The highest BCUT2D eigenvalue weighted by Crippen LogP contribution is 2.46. The Balaban J connectivity index is 2.21. The Morgan fingerprint density at radius 2 is 1.61 bits per heavy atom. The monoisotopic (exact) mass is 494 g/mol. The molecule has 2 atom stereocenters. The summed E-state index contributed by atoms with van der Waals surface area (Å²) in [5.74, 6) is -0.378. The molecule has 0 radical (unpaired) electrons. The fourth-order valence-corrected chi connectivity index (χ4v) is 5.06. The number of hydrogen-bond donors (Lipinski definition) is 0. The molecule has 1 aliphatic rings. The van der Waals surface area contributed by atoms with Gasteiger partial charge in [0.15, 0.2) is 5.78 Å². The van der Waals surface area contributed by atoms with Crippen LogP contribution in [0.2, 0.25) is 0 Å². The first-order chi connectivity index (χ1) is 16.9. The number of ether oxygens (including phenoxy) is 2. The van der Waals surface area contributed by atoms with Gasteiger partial charge in [0.05, 0.1) is 11.7 Å². The normalized spacial score (nSPS) is 20.9. The zero-order chi connectivity index (χ0) is 27.1. The van der Waals surface area contributed by atoms with Crippen molar-refractivity contribution >= 4 is 11.8 Å². The van der Waals surface area contributed by atoms with E-state index in [0.29, 0.717) is 11.1 Å². The van der Waals surface area contributed by atoms with E-state index in [-0.39, 0.29) is 17.9 Å². The Hall–Kier alpha value is -2.46. The molecule has 1 aromatic carbocycles. The second kappa shape index (κ2) is 12.7. The lowest BCUT2D eigenvalue weighted by atomic mass is 9.67. The van der Waals surface area contributed by atoms with Gasteiger partial charge in [-0.15, -0.1) is 0 Å². The highest BCUT2D eigenvalue weighted by atomic mass is 16.6. The molecule has 2 rings (SSSR count). The molecular weight excluding hydrogens is 448 g/mol. The van der Waals surface area contributed by atoms with E-state index in [2.05, 4.69) is 26.0 Å². The summed E-state index contributed by atoms with van der Waals surface area (Å²) in [6, 6.07) is 7.97. The molecule has 0 saturated carbocycles. The molecule has 4 nitrogen and oxygen atoms in total. The number of ketones is 1. The Kier molecular flexibility index (Phi) is 10.5. The molecule has 4 heteroatoms. The SMILES string of the molecule is CCCCCCCc1ccc(C(=O)C=CC2(C)C(C)=C(C)C(C(=O)OC(C)(C)C)=C(C)C2OC)cc1. The number of methoxy groups -OCH3 is 1. The molecule has 0 bridgehead atoms. The van der Waals surface area contributed by atoms with Crippen molar-refractivity contribution in [2.45, 2.75) is 106 Å². The molecular formula is C32H46O4. The van der Waals surface area contributed by atoms with E-state index in [9.17, 15) is 9.59 Å². The van der Waals surface area contributed by atoms with Crippen molar-refractivity contribution in [3.05, 3.63) is 69.8 Å². The second-order valence-corrected chi connectivity index (χ2v) is 11.3. The fourth-order valence-electron chi connectivity index (χ4n) is 5.06. The summed E-state index contributed by atoms with van der Waals surface area (Å²) in [5.41, 5.74) is 4.04. The molecule has 0 aromatic heterocycles. The van der Waals surface area contributed by atoms with Crippen LogP contribution in [0.5, 0.6) is 0 Å². The largest absolute Gasteiger partial charge is 0.456 e. The number of aryl methyl sites for hydroxylation is 1. The van der Waals surface area contributed by atoms with Crippen LogP contribution in [-0.4, -0.2) is 30.6 Å². The van der Waals surface area contributed by atoms with Crippen LogP contribution in [0, 0.1) is 5.41 Å². The molecule has 0 N–H and O–H groups in total. The van der Waals surface area contributed by atoms with E-state index < -0.39 is 11.0 Å². The van der Waals surface area contributed by atoms with Gasteiger partial charge in [-0.1, -0.05) is 68.5 Å². The molecule has 0 aliphatic heterocycles. The molecule has 1 aliphatic carbocycles. The van der Waals surface area contributed by atoms with Crippen molar-refractivity contribution in [2.24, 2.45) is 5.41 Å². The molecule has 0 saturated heterocycles. The zero-order valence-corrected chi connectivity index (χ0v) is 23.9. The second-order valence-electron chi connectivity index (χ2n) is 11.3. The van der Waals surface area contributed by atoms with Gasteiger partial charge in [-0.25, -0.2) is 4.79 Å². The number of carbonyl (C=O) groups is 2. The molecule has 1 aromatic rings. The van der Waals surface area contributed by atoms with Crippen LogP contribution in [0.3, 0.4) is 0 Å². The van der Waals surface area contributed by atoms with Gasteiger partial charge in [-0.3, -0.25) is 4.79 Å². The lowest BCUT2D eigenvalue weighted by Gasteiger charge is -2.42. The van der Waals surface area contributed by atoms with Gasteiger partial charge >= 0.3 is 5.97 Å². The summed E-state index contributed by atoms with van der Waals surface area (Å²) >= 11 is 0. The number of rotatable bonds is 11. The first-order valence-electron chi connectivity index (χ1n) is 13.3. The third-order valence-corrected chi connectivity index (χ3v) is 7.30. The maximum atomic E-state index is 13.0. The summed E-state index contributed by atoms with van der Waals surface area (Å²) in [5, 5.41) is 0.